The Morgan fingerprint density at radius 3 is 2.08 bits per heavy atom. The number of nitrogens with two attached hydrogens (primary N) is 1. The number of aryl methyl sites for hydroxylation is 1. The van der Waals surface area contributed by atoms with E-state index in [9.17, 15) is 23.2 Å². The maximum Gasteiger partial charge on any atom is 0.253 e. The molecule has 0 unspecified atom stereocenters. The van der Waals surface area contributed by atoms with Gasteiger partial charge in [-0.1, -0.05) is 27.7 Å². The van der Waals surface area contributed by atoms with Crippen molar-refractivity contribution in [2.45, 2.75) is 72.4 Å². The molecular weight excluding hydrogens is 502 g/mol. The molecule has 0 heterocycles. The Morgan fingerprint density at radius 1 is 0.923 bits per heavy atom. The lowest BCUT2D eigenvalue weighted by Gasteiger charge is -2.24. The van der Waals surface area contributed by atoms with E-state index < -0.39 is 29.6 Å². The number of rotatable bonds is 14. The highest BCUT2D eigenvalue weighted by molar-refractivity contribution is 6.00. The van der Waals surface area contributed by atoms with Gasteiger partial charge in [-0.2, -0.15) is 0 Å². The number of nitrogens with zero attached hydrogens (tertiary/aromatic N) is 1. The fourth-order valence-corrected chi connectivity index (χ4v) is 4.43. The maximum absolute atomic E-state index is 13.9. The Balaban J connectivity index is 2.27. The summed E-state index contributed by atoms with van der Waals surface area (Å²) in [6.45, 7) is 10.8. The van der Waals surface area contributed by atoms with Crippen molar-refractivity contribution in [3.8, 4) is 0 Å². The Kier molecular flexibility index (Phi) is 12.5. The zero-order valence-electron chi connectivity index (χ0n) is 23.7. The van der Waals surface area contributed by atoms with Gasteiger partial charge in [-0.05, 0) is 74.1 Å². The summed E-state index contributed by atoms with van der Waals surface area (Å²) in [6, 6.07) is 7.15. The van der Waals surface area contributed by atoms with Crippen LogP contribution in [-0.4, -0.2) is 54.3 Å². The number of carbonyl (C=O) groups excluding carboxylic acids is 3. The molecule has 2 atom stereocenters. The molecule has 2 aromatic carbocycles. The minimum Gasteiger partial charge on any atom is -0.354 e. The first-order valence-corrected chi connectivity index (χ1v) is 13.6. The van der Waals surface area contributed by atoms with Gasteiger partial charge in [0.15, 0.2) is 0 Å². The van der Waals surface area contributed by atoms with E-state index in [4.69, 9.17) is 5.73 Å². The summed E-state index contributed by atoms with van der Waals surface area (Å²) in [6.07, 6.45) is 2.03. The highest BCUT2D eigenvalue weighted by Gasteiger charge is 2.22. The molecule has 214 valence electrons. The van der Waals surface area contributed by atoms with Crippen molar-refractivity contribution >= 4 is 17.7 Å². The summed E-state index contributed by atoms with van der Waals surface area (Å²) >= 11 is 0. The molecule has 4 N–H and O–H groups in total. The van der Waals surface area contributed by atoms with E-state index in [0.717, 1.165) is 24.5 Å². The van der Waals surface area contributed by atoms with Crippen molar-refractivity contribution in [1.82, 2.24) is 15.5 Å². The van der Waals surface area contributed by atoms with Crippen LogP contribution in [0.25, 0.3) is 0 Å². The average Bonchev–Trinajstić information content (AvgIpc) is 2.85. The smallest absolute Gasteiger partial charge is 0.253 e. The second-order valence-electron chi connectivity index (χ2n) is 10.4. The second kappa shape index (κ2) is 15.3. The predicted molar refractivity (Wildman–Crippen MR) is 149 cm³/mol. The number of nitrogens with one attached hydrogen (secondary N) is 2. The van der Waals surface area contributed by atoms with Crippen molar-refractivity contribution in [3.05, 3.63) is 70.3 Å². The van der Waals surface area contributed by atoms with Crippen molar-refractivity contribution < 1.29 is 23.2 Å². The lowest BCUT2D eigenvalue weighted by molar-refractivity contribution is -0.124. The Labute approximate surface area is 230 Å². The number of benzene rings is 2. The molecule has 0 fully saturated rings. The van der Waals surface area contributed by atoms with Gasteiger partial charge in [0.1, 0.15) is 11.6 Å². The molecule has 0 radical (unpaired) electrons. The maximum atomic E-state index is 13.9. The van der Waals surface area contributed by atoms with Crippen LogP contribution in [0.2, 0.25) is 0 Å². The van der Waals surface area contributed by atoms with Gasteiger partial charge in [0.25, 0.3) is 11.8 Å². The van der Waals surface area contributed by atoms with E-state index in [1.54, 1.807) is 36.9 Å². The van der Waals surface area contributed by atoms with Crippen LogP contribution in [0.15, 0.2) is 36.4 Å². The lowest BCUT2D eigenvalue weighted by Crippen LogP contribution is -2.45. The Morgan fingerprint density at radius 2 is 1.51 bits per heavy atom. The van der Waals surface area contributed by atoms with Crippen LogP contribution in [0.3, 0.4) is 0 Å². The molecule has 0 aliphatic heterocycles. The van der Waals surface area contributed by atoms with Crippen molar-refractivity contribution in [1.29, 1.82) is 0 Å². The molecule has 0 aliphatic rings. The van der Waals surface area contributed by atoms with Crippen LogP contribution in [-0.2, 0) is 11.2 Å². The standard InChI is InChI=1S/C30H42F2N4O3/c1-6-8-36(9-7-2)30(39)23-11-20(5)10-22(15-23)29(38)35-27(14-21-12-24(31)16-25(32)13-21)17-26(33)18-34-28(37)19(3)4/h10-13,15-16,19,26-27H,6-9,14,17-18,33H2,1-5H3,(H,34,37)(H,35,38)/t26-,27-/m0/s1. The molecule has 2 rings (SSSR count). The molecule has 0 spiro atoms. The van der Waals surface area contributed by atoms with Crippen LogP contribution in [0.1, 0.15) is 78.8 Å². The summed E-state index contributed by atoms with van der Waals surface area (Å²) in [5, 5.41) is 5.71. The van der Waals surface area contributed by atoms with Gasteiger partial charge in [-0.25, -0.2) is 8.78 Å². The second-order valence-corrected chi connectivity index (χ2v) is 10.4. The van der Waals surface area contributed by atoms with Crippen LogP contribution < -0.4 is 16.4 Å². The van der Waals surface area contributed by atoms with Crippen molar-refractivity contribution in [2.24, 2.45) is 11.7 Å². The normalized spacial score (nSPS) is 12.6. The zero-order valence-corrected chi connectivity index (χ0v) is 23.7. The number of hydrogen-bond acceptors (Lipinski definition) is 4. The molecule has 39 heavy (non-hydrogen) atoms. The number of carbonyl (C=O) groups is 3. The molecule has 0 aromatic heterocycles. The van der Waals surface area contributed by atoms with Crippen LogP contribution in [0.4, 0.5) is 8.78 Å². The van der Waals surface area contributed by atoms with Gasteiger partial charge in [-0.3, -0.25) is 14.4 Å². The summed E-state index contributed by atoms with van der Waals surface area (Å²) < 4.78 is 27.7. The van der Waals surface area contributed by atoms with Crippen LogP contribution >= 0.6 is 0 Å². The predicted octanol–water partition coefficient (Wildman–Crippen LogP) is 4.37. The van der Waals surface area contributed by atoms with E-state index in [2.05, 4.69) is 10.6 Å². The summed E-state index contributed by atoms with van der Waals surface area (Å²) in [5.74, 6) is -2.33. The minimum absolute atomic E-state index is 0.130. The fourth-order valence-electron chi connectivity index (χ4n) is 4.43. The average molecular weight is 545 g/mol. The topological polar surface area (TPSA) is 105 Å². The molecule has 0 aliphatic carbocycles. The molecule has 0 saturated heterocycles. The Hall–Kier alpha value is -3.33. The summed E-state index contributed by atoms with van der Waals surface area (Å²) in [5.41, 5.74) is 8.13. The highest BCUT2D eigenvalue weighted by atomic mass is 19.1. The number of hydrogen-bond donors (Lipinski definition) is 3. The van der Waals surface area contributed by atoms with Gasteiger partial charge >= 0.3 is 0 Å². The number of amides is 3. The SMILES string of the molecule is CCCN(CCC)C(=O)c1cc(C)cc(C(=O)N[C@@H](Cc2cc(F)cc(F)c2)C[C@H](N)CNC(=O)C(C)C)c1. The van der Waals surface area contributed by atoms with E-state index in [1.807, 2.05) is 20.8 Å². The first kappa shape index (κ1) is 31.9. The van der Waals surface area contributed by atoms with Gasteiger partial charge in [-0.15, -0.1) is 0 Å². The molecule has 0 bridgehead atoms. The van der Waals surface area contributed by atoms with Gasteiger partial charge in [0.05, 0.1) is 0 Å². The highest BCUT2D eigenvalue weighted by Crippen LogP contribution is 2.16. The monoisotopic (exact) mass is 544 g/mol. The van der Waals surface area contributed by atoms with Crippen LogP contribution in [0, 0.1) is 24.5 Å². The minimum atomic E-state index is -0.714. The zero-order chi connectivity index (χ0) is 29.1. The fraction of sp³-hybridized carbons (Fsp3) is 0.500. The van der Waals surface area contributed by atoms with E-state index in [1.165, 1.54) is 12.1 Å². The molecule has 3 amide bonds. The van der Waals surface area contributed by atoms with Crippen LogP contribution in [0.5, 0.6) is 0 Å². The summed E-state index contributed by atoms with van der Waals surface area (Å²) in [4.78, 5) is 40.3. The molecule has 9 heteroatoms. The van der Waals surface area contributed by atoms with E-state index in [0.29, 0.717) is 29.8 Å². The first-order valence-electron chi connectivity index (χ1n) is 13.6. The van der Waals surface area contributed by atoms with E-state index in [-0.39, 0.29) is 37.1 Å². The third-order valence-electron chi connectivity index (χ3n) is 6.25. The van der Waals surface area contributed by atoms with Gasteiger partial charge in [0.2, 0.25) is 5.91 Å². The molecule has 0 saturated carbocycles. The van der Waals surface area contributed by atoms with Gasteiger partial charge < -0.3 is 21.3 Å². The van der Waals surface area contributed by atoms with Crippen molar-refractivity contribution in [3.63, 3.8) is 0 Å². The molecule has 2 aromatic rings. The van der Waals surface area contributed by atoms with Crippen molar-refractivity contribution in [2.75, 3.05) is 19.6 Å². The first-order chi connectivity index (χ1) is 18.4. The largest absolute Gasteiger partial charge is 0.354 e. The Bertz CT molecular complexity index is 1110. The third-order valence-corrected chi connectivity index (χ3v) is 6.25. The number of halogens is 2. The molecular formula is C30H42F2N4O3. The summed E-state index contributed by atoms with van der Waals surface area (Å²) in [7, 11) is 0. The third kappa shape index (κ3) is 10.4. The van der Waals surface area contributed by atoms with Gasteiger partial charge in [0, 0.05) is 54.8 Å². The molecule has 7 nitrogen and oxygen atoms in total. The lowest BCUT2D eigenvalue weighted by atomic mass is 9.98. The quantitative estimate of drug-likeness (QED) is 0.329. The van der Waals surface area contributed by atoms with E-state index >= 15 is 0 Å².